The van der Waals surface area contributed by atoms with Crippen LogP contribution in [0.25, 0.3) is 0 Å². The molecule has 2 aromatic carbocycles. The number of carbonyl (C=O) groups is 3. The van der Waals surface area contributed by atoms with Gasteiger partial charge in [-0.25, -0.2) is 4.79 Å². The summed E-state index contributed by atoms with van der Waals surface area (Å²) in [6, 6.07) is 9.20. The lowest BCUT2D eigenvalue weighted by Crippen LogP contribution is -2.41. The summed E-state index contributed by atoms with van der Waals surface area (Å²) < 4.78 is 23.2. The molecule has 238 valence electrons. The molecule has 2 aromatic rings. The quantitative estimate of drug-likeness (QED) is 0.0873. The van der Waals surface area contributed by atoms with Crippen molar-refractivity contribution in [1.29, 1.82) is 0 Å². The highest BCUT2D eigenvalue weighted by Crippen LogP contribution is 2.39. The van der Waals surface area contributed by atoms with E-state index in [1.807, 2.05) is 0 Å². The van der Waals surface area contributed by atoms with Crippen molar-refractivity contribution in [2.24, 2.45) is 0 Å². The van der Waals surface area contributed by atoms with Gasteiger partial charge in [-0.2, -0.15) is 0 Å². The minimum Gasteiger partial charge on any atom is -0.490 e. The lowest BCUT2D eigenvalue weighted by molar-refractivity contribution is 0.0600. The third-order valence-electron chi connectivity index (χ3n) is 6.90. The Morgan fingerprint density at radius 1 is 0.558 bits per heavy atom. The molecule has 0 spiro atoms. The molecule has 0 aromatic heterocycles. The Hall–Kier alpha value is -3.75. The van der Waals surface area contributed by atoms with Gasteiger partial charge in [-0.05, 0) is 55.7 Å². The van der Waals surface area contributed by atoms with Gasteiger partial charge in [0.25, 0.3) is 11.8 Å². The second kappa shape index (κ2) is 21.0. The zero-order valence-electron chi connectivity index (χ0n) is 26.4. The van der Waals surface area contributed by atoms with Crippen LogP contribution in [0.15, 0.2) is 36.4 Å². The Balaban J connectivity index is 2.22. The first-order valence-electron chi connectivity index (χ1n) is 15.8. The molecule has 2 amide bonds. The topological polar surface area (TPSA) is 112 Å². The van der Waals surface area contributed by atoms with E-state index in [2.05, 4.69) is 36.4 Å². The first-order chi connectivity index (χ1) is 20.9. The lowest BCUT2D eigenvalue weighted by Gasteiger charge is -2.19. The Morgan fingerprint density at radius 3 is 1.42 bits per heavy atom. The van der Waals surface area contributed by atoms with Crippen molar-refractivity contribution < 1.29 is 33.3 Å². The van der Waals surface area contributed by atoms with Crippen molar-refractivity contribution >= 4 is 17.8 Å². The highest BCUT2D eigenvalue weighted by Gasteiger charge is 2.20. The monoisotopic (exact) mass is 598 g/mol. The molecule has 0 saturated carbocycles. The molecule has 0 atom stereocenters. The minimum atomic E-state index is -0.531. The fourth-order valence-electron chi connectivity index (χ4n) is 4.32. The van der Waals surface area contributed by atoms with E-state index in [1.165, 1.54) is 31.4 Å². The van der Waals surface area contributed by atoms with Gasteiger partial charge in [0.15, 0.2) is 11.5 Å². The molecule has 0 aliphatic heterocycles. The lowest BCUT2D eigenvalue weighted by atomic mass is 10.1. The van der Waals surface area contributed by atoms with Gasteiger partial charge >= 0.3 is 5.97 Å². The molecule has 9 heteroatoms. The third kappa shape index (κ3) is 13.0. The fourth-order valence-corrected chi connectivity index (χ4v) is 4.32. The molecule has 0 radical (unpaired) electrons. The molecule has 43 heavy (non-hydrogen) atoms. The van der Waals surface area contributed by atoms with Gasteiger partial charge in [-0.3, -0.25) is 20.4 Å². The molecule has 2 rings (SSSR count). The van der Waals surface area contributed by atoms with Crippen molar-refractivity contribution in [2.75, 3.05) is 26.9 Å². The number of methoxy groups -OCH3 is 1. The van der Waals surface area contributed by atoms with E-state index < -0.39 is 17.8 Å². The van der Waals surface area contributed by atoms with E-state index in [0.717, 1.165) is 77.0 Å². The van der Waals surface area contributed by atoms with Gasteiger partial charge < -0.3 is 18.9 Å². The first-order valence-corrected chi connectivity index (χ1v) is 15.8. The minimum absolute atomic E-state index is 0.270. The smallest absolute Gasteiger partial charge is 0.337 e. The molecule has 0 bridgehead atoms. The first kappa shape index (κ1) is 35.4. The SMILES string of the molecule is CCCCCCOc1cc(C(=O)NNC(=O)c2ccc(C(=O)OC)cc2)cc(OCCCCCC)c1OCCCCCC. The van der Waals surface area contributed by atoms with E-state index in [1.54, 1.807) is 12.1 Å². The summed E-state index contributed by atoms with van der Waals surface area (Å²) >= 11 is 0. The van der Waals surface area contributed by atoms with Crippen molar-refractivity contribution in [1.82, 2.24) is 10.9 Å². The average molecular weight is 599 g/mol. The van der Waals surface area contributed by atoms with Crippen LogP contribution in [0, 0.1) is 0 Å². The predicted molar refractivity (Wildman–Crippen MR) is 168 cm³/mol. The summed E-state index contributed by atoms with van der Waals surface area (Å²) in [4.78, 5) is 37.5. The van der Waals surface area contributed by atoms with Crippen LogP contribution < -0.4 is 25.1 Å². The van der Waals surface area contributed by atoms with Crippen LogP contribution in [0.3, 0.4) is 0 Å². The molecule has 2 N–H and O–H groups in total. The largest absolute Gasteiger partial charge is 0.490 e. The zero-order chi connectivity index (χ0) is 31.3. The molecule has 9 nitrogen and oxygen atoms in total. The number of nitrogens with one attached hydrogen (secondary N) is 2. The Labute approximate surface area is 257 Å². The summed E-state index contributed by atoms with van der Waals surface area (Å²) in [6.07, 6.45) is 12.6. The van der Waals surface area contributed by atoms with Crippen LogP contribution in [0.4, 0.5) is 0 Å². The number of esters is 1. The molecule has 0 aliphatic carbocycles. The average Bonchev–Trinajstić information content (AvgIpc) is 3.03. The maximum absolute atomic E-state index is 13.2. The van der Waals surface area contributed by atoms with Crippen LogP contribution >= 0.6 is 0 Å². The molecule has 0 unspecified atom stereocenters. The van der Waals surface area contributed by atoms with Gasteiger partial charge in [-0.1, -0.05) is 78.6 Å². The molecular formula is C34H50N2O7. The number of rotatable bonds is 21. The van der Waals surface area contributed by atoms with E-state index in [-0.39, 0.29) is 11.1 Å². The van der Waals surface area contributed by atoms with E-state index >= 15 is 0 Å². The van der Waals surface area contributed by atoms with E-state index in [9.17, 15) is 14.4 Å². The fraction of sp³-hybridized carbons (Fsp3) is 0.559. The van der Waals surface area contributed by atoms with Gasteiger partial charge in [0.2, 0.25) is 5.75 Å². The highest BCUT2D eigenvalue weighted by atomic mass is 16.5. The standard InChI is InChI=1S/C34H50N2O7/c1-5-8-11-14-21-41-29-24-28(33(38)36-35-32(37)26-17-19-27(20-18-26)34(39)40-4)25-30(42-22-15-12-9-6-2)31(29)43-23-16-13-10-7-3/h17-20,24-25H,5-16,21-23H2,1-4H3,(H,35,37)(H,36,38). The highest BCUT2D eigenvalue weighted by molar-refractivity contribution is 6.00. The number of unbranched alkanes of at least 4 members (excludes halogenated alkanes) is 9. The summed E-state index contributed by atoms with van der Waals surface area (Å²) in [5.41, 5.74) is 5.76. The van der Waals surface area contributed by atoms with Gasteiger partial charge in [-0.15, -0.1) is 0 Å². The van der Waals surface area contributed by atoms with Gasteiger partial charge in [0.05, 0.1) is 32.5 Å². The number of carbonyl (C=O) groups excluding carboxylic acids is 3. The van der Waals surface area contributed by atoms with Gasteiger partial charge in [0.1, 0.15) is 0 Å². The van der Waals surface area contributed by atoms with Crippen LogP contribution in [-0.4, -0.2) is 44.7 Å². The summed E-state index contributed by atoms with van der Waals surface area (Å²) in [5.74, 6) is -0.146. The number of hydrazine groups is 1. The summed E-state index contributed by atoms with van der Waals surface area (Å²) in [6.45, 7) is 8.00. The molecule has 0 fully saturated rings. The number of hydrogen-bond acceptors (Lipinski definition) is 7. The number of ether oxygens (including phenoxy) is 4. The number of hydrogen-bond donors (Lipinski definition) is 2. The Kier molecular flexibility index (Phi) is 17.3. The van der Waals surface area contributed by atoms with Crippen LogP contribution in [0.2, 0.25) is 0 Å². The predicted octanol–water partition coefficient (Wildman–Crippen LogP) is 7.43. The normalized spacial score (nSPS) is 10.6. The summed E-state index contributed by atoms with van der Waals surface area (Å²) in [7, 11) is 1.29. The maximum atomic E-state index is 13.2. The molecule has 0 heterocycles. The summed E-state index contributed by atoms with van der Waals surface area (Å²) in [5, 5.41) is 0. The Bertz CT molecular complexity index is 1080. The number of benzene rings is 2. The third-order valence-corrected chi connectivity index (χ3v) is 6.90. The zero-order valence-corrected chi connectivity index (χ0v) is 26.4. The number of amides is 2. The van der Waals surface area contributed by atoms with Crippen molar-refractivity contribution in [3.63, 3.8) is 0 Å². The van der Waals surface area contributed by atoms with Crippen molar-refractivity contribution in [3.05, 3.63) is 53.1 Å². The Morgan fingerprint density at radius 2 is 0.977 bits per heavy atom. The van der Waals surface area contributed by atoms with Crippen molar-refractivity contribution in [2.45, 2.75) is 97.8 Å². The second-order valence-electron chi connectivity index (χ2n) is 10.5. The van der Waals surface area contributed by atoms with Gasteiger partial charge in [0, 0.05) is 11.1 Å². The maximum Gasteiger partial charge on any atom is 0.337 e. The molecule has 0 aliphatic rings. The van der Waals surface area contributed by atoms with Crippen LogP contribution in [0.1, 0.15) is 129 Å². The molecule has 0 saturated heterocycles. The van der Waals surface area contributed by atoms with E-state index in [4.69, 9.17) is 14.2 Å². The second-order valence-corrected chi connectivity index (χ2v) is 10.5. The van der Waals surface area contributed by atoms with Crippen LogP contribution in [-0.2, 0) is 4.74 Å². The van der Waals surface area contributed by atoms with Crippen LogP contribution in [0.5, 0.6) is 17.2 Å². The van der Waals surface area contributed by atoms with Crippen molar-refractivity contribution in [3.8, 4) is 17.2 Å². The molecular weight excluding hydrogens is 548 g/mol. The van der Waals surface area contributed by atoms with E-state index in [0.29, 0.717) is 42.6 Å².